The van der Waals surface area contributed by atoms with Crippen molar-refractivity contribution in [1.82, 2.24) is 5.32 Å². The summed E-state index contributed by atoms with van der Waals surface area (Å²) < 4.78 is 0. The molecule has 2 aromatic rings. The van der Waals surface area contributed by atoms with Crippen molar-refractivity contribution in [3.63, 3.8) is 0 Å². The first-order chi connectivity index (χ1) is 8.25. The highest BCUT2D eigenvalue weighted by Crippen LogP contribution is 2.11. The molecule has 0 aliphatic carbocycles. The smallest absolute Gasteiger partial charge is 0.251 e. The highest BCUT2D eigenvalue weighted by molar-refractivity contribution is 7.09. The van der Waals surface area contributed by atoms with Crippen LogP contribution in [0, 0.1) is 0 Å². The first-order valence-electron chi connectivity index (χ1n) is 5.64. The molecule has 2 rings (SSSR count). The van der Waals surface area contributed by atoms with Crippen molar-refractivity contribution in [3.8, 4) is 0 Å². The minimum Gasteiger partial charge on any atom is -0.349 e. The van der Waals surface area contributed by atoms with Crippen LogP contribution in [0.25, 0.3) is 0 Å². The predicted molar refractivity (Wildman–Crippen MR) is 71.4 cm³/mol. The van der Waals surface area contributed by atoms with Gasteiger partial charge in [-0.25, -0.2) is 0 Å². The molecule has 1 heterocycles. The fraction of sp³-hybridized carbons (Fsp3) is 0.214. The Morgan fingerprint density at radius 3 is 2.65 bits per heavy atom. The summed E-state index contributed by atoms with van der Waals surface area (Å²) in [6.07, 6.45) is 0.885. The van der Waals surface area contributed by atoms with Gasteiger partial charge in [0.25, 0.3) is 5.91 Å². The Kier molecular flexibility index (Phi) is 3.94. The zero-order chi connectivity index (χ0) is 12.1. The van der Waals surface area contributed by atoms with Crippen molar-refractivity contribution in [2.45, 2.75) is 19.4 Å². The summed E-state index contributed by atoms with van der Waals surface area (Å²) in [5.74, 6) is -0.00495. The molecule has 88 valence electrons. The van der Waals surface area contributed by atoms with Crippen molar-refractivity contribution in [2.24, 2.45) is 0 Å². The second-order valence-electron chi connectivity index (χ2n) is 4.02. The third-order valence-corrected chi connectivity index (χ3v) is 3.40. The molecule has 1 aromatic heterocycles. The molecule has 2 nitrogen and oxygen atoms in total. The standard InChI is InChI=1S/C14H15NOS/c1-11(10-13-8-5-9-17-13)15-14(16)12-6-3-2-4-7-12/h2-9,11H,10H2,1H3,(H,15,16). The SMILES string of the molecule is CC(Cc1cccs1)NC(=O)c1ccccc1. The minimum absolute atomic E-state index is 0.00495. The summed E-state index contributed by atoms with van der Waals surface area (Å²) in [7, 11) is 0. The van der Waals surface area contributed by atoms with Gasteiger partial charge >= 0.3 is 0 Å². The number of hydrogen-bond donors (Lipinski definition) is 1. The normalized spacial score (nSPS) is 12.1. The lowest BCUT2D eigenvalue weighted by molar-refractivity contribution is 0.0940. The Labute approximate surface area is 105 Å². The van der Waals surface area contributed by atoms with Gasteiger partial charge in [0, 0.05) is 22.9 Å². The Balaban J connectivity index is 1.91. The van der Waals surface area contributed by atoms with Gasteiger partial charge in [-0.2, -0.15) is 0 Å². The molecule has 0 bridgehead atoms. The highest BCUT2D eigenvalue weighted by atomic mass is 32.1. The Morgan fingerprint density at radius 2 is 2.00 bits per heavy atom. The molecule has 0 aliphatic heterocycles. The van der Waals surface area contributed by atoms with E-state index in [2.05, 4.69) is 16.8 Å². The summed E-state index contributed by atoms with van der Waals surface area (Å²) in [5, 5.41) is 5.06. The zero-order valence-corrected chi connectivity index (χ0v) is 10.5. The lowest BCUT2D eigenvalue weighted by atomic mass is 10.1. The number of rotatable bonds is 4. The summed E-state index contributed by atoms with van der Waals surface area (Å²) in [6.45, 7) is 2.03. The number of hydrogen-bond acceptors (Lipinski definition) is 2. The highest BCUT2D eigenvalue weighted by Gasteiger charge is 2.09. The lowest BCUT2D eigenvalue weighted by Crippen LogP contribution is -2.33. The second kappa shape index (κ2) is 5.64. The Bertz CT molecular complexity index is 464. The predicted octanol–water partition coefficient (Wildman–Crippen LogP) is 3.11. The number of carbonyl (C=O) groups excluding carboxylic acids is 1. The van der Waals surface area contributed by atoms with Crippen molar-refractivity contribution in [1.29, 1.82) is 0 Å². The molecule has 17 heavy (non-hydrogen) atoms. The van der Waals surface area contributed by atoms with E-state index in [9.17, 15) is 4.79 Å². The second-order valence-corrected chi connectivity index (χ2v) is 5.06. The maximum absolute atomic E-state index is 11.9. The largest absolute Gasteiger partial charge is 0.349 e. The van der Waals surface area contributed by atoms with Crippen LogP contribution in [-0.2, 0) is 6.42 Å². The first-order valence-corrected chi connectivity index (χ1v) is 6.52. The van der Waals surface area contributed by atoms with Crippen molar-refractivity contribution >= 4 is 17.2 Å². The molecule has 0 aliphatic rings. The van der Waals surface area contributed by atoms with E-state index in [1.165, 1.54) is 4.88 Å². The number of nitrogens with one attached hydrogen (secondary N) is 1. The molecule has 3 heteroatoms. The third-order valence-electron chi connectivity index (χ3n) is 2.50. The molecule has 1 amide bonds. The zero-order valence-electron chi connectivity index (χ0n) is 9.72. The van der Waals surface area contributed by atoms with Crippen LogP contribution in [0.5, 0.6) is 0 Å². The molecule has 0 saturated heterocycles. The van der Waals surface area contributed by atoms with Crippen LogP contribution in [0.15, 0.2) is 47.8 Å². The number of carbonyl (C=O) groups is 1. The van der Waals surface area contributed by atoms with E-state index in [1.54, 1.807) is 11.3 Å². The Morgan fingerprint density at radius 1 is 1.24 bits per heavy atom. The van der Waals surface area contributed by atoms with Gasteiger partial charge in [0.15, 0.2) is 0 Å². The van der Waals surface area contributed by atoms with E-state index in [0.717, 1.165) is 6.42 Å². The molecular formula is C14H15NOS. The van der Waals surface area contributed by atoms with Crippen LogP contribution in [0.3, 0.4) is 0 Å². The first kappa shape index (κ1) is 11.9. The average Bonchev–Trinajstić information content (AvgIpc) is 2.82. The molecule has 1 atom stereocenters. The molecule has 1 aromatic carbocycles. The molecule has 1 N–H and O–H groups in total. The van der Waals surface area contributed by atoms with Crippen LogP contribution >= 0.6 is 11.3 Å². The fourth-order valence-corrected chi connectivity index (χ4v) is 2.51. The van der Waals surface area contributed by atoms with E-state index in [1.807, 2.05) is 43.3 Å². The van der Waals surface area contributed by atoms with Gasteiger partial charge in [-0.1, -0.05) is 24.3 Å². The van der Waals surface area contributed by atoms with Gasteiger partial charge in [-0.3, -0.25) is 4.79 Å². The molecule has 0 fully saturated rings. The monoisotopic (exact) mass is 245 g/mol. The van der Waals surface area contributed by atoms with Crippen molar-refractivity contribution in [2.75, 3.05) is 0 Å². The lowest BCUT2D eigenvalue weighted by Gasteiger charge is -2.12. The van der Waals surface area contributed by atoms with Gasteiger partial charge in [0.2, 0.25) is 0 Å². The molecule has 0 spiro atoms. The van der Waals surface area contributed by atoms with Gasteiger partial charge < -0.3 is 5.32 Å². The van der Waals surface area contributed by atoms with Crippen LogP contribution in [-0.4, -0.2) is 11.9 Å². The van der Waals surface area contributed by atoms with Crippen LogP contribution in [0.4, 0.5) is 0 Å². The van der Waals surface area contributed by atoms with Gasteiger partial charge in [0.1, 0.15) is 0 Å². The van der Waals surface area contributed by atoms with Crippen LogP contribution in [0.2, 0.25) is 0 Å². The summed E-state index contributed by atoms with van der Waals surface area (Å²) in [6, 6.07) is 13.6. The van der Waals surface area contributed by atoms with E-state index in [4.69, 9.17) is 0 Å². The van der Waals surface area contributed by atoms with Gasteiger partial charge in [0.05, 0.1) is 0 Å². The molecule has 0 radical (unpaired) electrons. The van der Waals surface area contributed by atoms with E-state index < -0.39 is 0 Å². The number of amides is 1. The van der Waals surface area contributed by atoms with Crippen molar-refractivity contribution < 1.29 is 4.79 Å². The quantitative estimate of drug-likeness (QED) is 0.881. The number of benzene rings is 1. The molecule has 0 saturated carbocycles. The van der Waals surface area contributed by atoms with E-state index >= 15 is 0 Å². The molecular weight excluding hydrogens is 230 g/mol. The summed E-state index contributed by atoms with van der Waals surface area (Å²) >= 11 is 1.72. The summed E-state index contributed by atoms with van der Waals surface area (Å²) in [4.78, 5) is 13.2. The van der Waals surface area contributed by atoms with E-state index in [0.29, 0.717) is 5.56 Å². The fourth-order valence-electron chi connectivity index (χ4n) is 1.68. The maximum Gasteiger partial charge on any atom is 0.251 e. The van der Waals surface area contributed by atoms with Gasteiger partial charge in [-0.15, -0.1) is 11.3 Å². The average molecular weight is 245 g/mol. The number of thiophene rings is 1. The van der Waals surface area contributed by atoms with Crippen LogP contribution in [0.1, 0.15) is 22.2 Å². The Hall–Kier alpha value is -1.61. The van der Waals surface area contributed by atoms with Gasteiger partial charge in [-0.05, 0) is 30.5 Å². The summed E-state index contributed by atoms with van der Waals surface area (Å²) in [5.41, 5.74) is 0.713. The minimum atomic E-state index is -0.00495. The topological polar surface area (TPSA) is 29.1 Å². The third kappa shape index (κ3) is 3.43. The maximum atomic E-state index is 11.9. The van der Waals surface area contributed by atoms with Crippen LogP contribution < -0.4 is 5.32 Å². The molecule has 1 unspecified atom stereocenters. The van der Waals surface area contributed by atoms with Crippen molar-refractivity contribution in [3.05, 3.63) is 58.3 Å². The van der Waals surface area contributed by atoms with E-state index in [-0.39, 0.29) is 11.9 Å².